The number of carbonyl (C=O) groups excluding carboxylic acids is 1. The van der Waals surface area contributed by atoms with Gasteiger partial charge in [-0.2, -0.15) is 0 Å². The highest BCUT2D eigenvalue weighted by atomic mass is 16.1. The molecule has 3 heteroatoms. The highest BCUT2D eigenvalue weighted by Gasteiger charge is 2.19. The van der Waals surface area contributed by atoms with Gasteiger partial charge in [-0.25, -0.2) is 0 Å². The average Bonchev–Trinajstić information content (AvgIpc) is 2.85. The molecule has 1 N–H and O–H groups in total. The van der Waals surface area contributed by atoms with Gasteiger partial charge in [-0.3, -0.25) is 4.79 Å². The number of nitrogens with one attached hydrogen (secondary N) is 1. The first-order valence-electron chi connectivity index (χ1n) is 9.06. The Labute approximate surface area is 140 Å². The number of hydrogen-bond donors (Lipinski definition) is 1. The van der Waals surface area contributed by atoms with Gasteiger partial charge in [0.05, 0.1) is 0 Å². The quantitative estimate of drug-likeness (QED) is 0.645. The first-order chi connectivity index (χ1) is 11.2. The smallest absolute Gasteiger partial charge is 0.268 e. The van der Waals surface area contributed by atoms with Crippen LogP contribution in [0, 0.1) is 6.92 Å². The summed E-state index contributed by atoms with van der Waals surface area (Å²) in [6.07, 6.45) is 6.94. The summed E-state index contributed by atoms with van der Waals surface area (Å²) in [5.41, 5.74) is 3.12. The van der Waals surface area contributed by atoms with Gasteiger partial charge in [-0.05, 0) is 31.4 Å². The van der Waals surface area contributed by atoms with Gasteiger partial charge >= 0.3 is 0 Å². The Bertz CT molecular complexity index is 642. The van der Waals surface area contributed by atoms with Crippen molar-refractivity contribution in [2.75, 3.05) is 6.54 Å². The fraction of sp³-hybridized carbons (Fsp3) is 0.550. The van der Waals surface area contributed by atoms with Crippen LogP contribution >= 0.6 is 0 Å². The lowest BCUT2D eigenvalue weighted by Crippen LogP contribution is -2.27. The van der Waals surface area contributed by atoms with Gasteiger partial charge in [-0.1, -0.05) is 57.7 Å². The Balaban J connectivity index is 2.20. The minimum Gasteiger partial charge on any atom is -0.351 e. The molecule has 0 spiro atoms. The van der Waals surface area contributed by atoms with E-state index >= 15 is 0 Å². The number of fused-ring (bicyclic) bond motifs is 1. The molecular weight excluding hydrogens is 284 g/mol. The molecule has 126 valence electrons. The Kier molecular flexibility index (Phi) is 6.69. The third-order valence-corrected chi connectivity index (χ3v) is 4.49. The molecule has 0 saturated heterocycles. The minimum atomic E-state index is 0.0753. The molecule has 23 heavy (non-hydrogen) atoms. The van der Waals surface area contributed by atoms with Gasteiger partial charge in [-0.15, -0.1) is 0 Å². The number of unbranched alkanes of at least 4 members (excludes halogenated alkanes) is 4. The van der Waals surface area contributed by atoms with Crippen LogP contribution in [0.5, 0.6) is 0 Å². The van der Waals surface area contributed by atoms with Crippen LogP contribution in [0.2, 0.25) is 0 Å². The number of amides is 1. The zero-order valence-corrected chi connectivity index (χ0v) is 14.8. The van der Waals surface area contributed by atoms with E-state index in [1.54, 1.807) is 0 Å². The average molecular weight is 314 g/mol. The topological polar surface area (TPSA) is 34.0 Å². The van der Waals surface area contributed by atoms with Gasteiger partial charge in [0.1, 0.15) is 5.69 Å². The second kappa shape index (κ2) is 8.76. The number of aryl methyl sites for hydroxylation is 2. The predicted molar refractivity (Wildman–Crippen MR) is 98.1 cm³/mol. The lowest BCUT2D eigenvalue weighted by molar-refractivity contribution is 0.0943. The first-order valence-corrected chi connectivity index (χ1v) is 9.06. The van der Waals surface area contributed by atoms with Crippen LogP contribution in [0.25, 0.3) is 10.9 Å². The molecule has 0 bridgehead atoms. The van der Waals surface area contributed by atoms with Gasteiger partial charge in [0.2, 0.25) is 0 Å². The number of nitrogens with zero attached hydrogens (tertiary/aromatic N) is 1. The van der Waals surface area contributed by atoms with Gasteiger partial charge < -0.3 is 9.88 Å². The molecule has 2 aromatic rings. The number of carbonyl (C=O) groups is 1. The zero-order chi connectivity index (χ0) is 16.7. The maximum absolute atomic E-state index is 12.7. The van der Waals surface area contributed by atoms with E-state index in [2.05, 4.69) is 48.9 Å². The summed E-state index contributed by atoms with van der Waals surface area (Å²) < 4.78 is 2.20. The monoisotopic (exact) mass is 314 g/mol. The minimum absolute atomic E-state index is 0.0753. The third kappa shape index (κ3) is 4.15. The summed E-state index contributed by atoms with van der Waals surface area (Å²) in [4.78, 5) is 12.7. The Morgan fingerprint density at radius 1 is 1.04 bits per heavy atom. The molecule has 1 aromatic carbocycles. The van der Waals surface area contributed by atoms with Crippen LogP contribution in [0.4, 0.5) is 0 Å². The van der Waals surface area contributed by atoms with Crippen molar-refractivity contribution in [2.24, 2.45) is 0 Å². The number of para-hydroxylation sites is 1. The van der Waals surface area contributed by atoms with Crippen molar-refractivity contribution in [3.05, 3.63) is 35.5 Å². The van der Waals surface area contributed by atoms with E-state index in [0.29, 0.717) is 0 Å². The van der Waals surface area contributed by atoms with Crippen molar-refractivity contribution in [3.63, 3.8) is 0 Å². The van der Waals surface area contributed by atoms with Gasteiger partial charge in [0, 0.05) is 24.0 Å². The maximum Gasteiger partial charge on any atom is 0.268 e. The lowest BCUT2D eigenvalue weighted by atomic mass is 10.1. The van der Waals surface area contributed by atoms with E-state index in [9.17, 15) is 4.79 Å². The highest BCUT2D eigenvalue weighted by molar-refractivity contribution is 6.01. The molecule has 0 aliphatic carbocycles. The second-order valence-electron chi connectivity index (χ2n) is 6.31. The van der Waals surface area contributed by atoms with Crippen molar-refractivity contribution < 1.29 is 4.79 Å². The predicted octanol–water partition coefficient (Wildman–Crippen LogP) is 5.06. The number of aromatic nitrogens is 1. The number of hydrogen-bond acceptors (Lipinski definition) is 1. The van der Waals surface area contributed by atoms with Crippen LogP contribution in [0.15, 0.2) is 24.3 Å². The Morgan fingerprint density at radius 2 is 1.78 bits per heavy atom. The van der Waals surface area contributed by atoms with Crippen LogP contribution < -0.4 is 5.32 Å². The van der Waals surface area contributed by atoms with E-state index in [1.807, 2.05) is 6.07 Å². The molecule has 0 unspecified atom stereocenters. The van der Waals surface area contributed by atoms with Crippen LogP contribution in [-0.4, -0.2) is 17.0 Å². The molecule has 0 aliphatic rings. The largest absolute Gasteiger partial charge is 0.351 e. The Hall–Kier alpha value is -1.77. The second-order valence-corrected chi connectivity index (χ2v) is 6.31. The van der Waals surface area contributed by atoms with E-state index in [0.717, 1.165) is 43.6 Å². The summed E-state index contributed by atoms with van der Waals surface area (Å²) in [6.45, 7) is 8.13. The van der Waals surface area contributed by atoms with Crippen LogP contribution in [-0.2, 0) is 6.54 Å². The molecule has 2 rings (SSSR count). The summed E-state index contributed by atoms with van der Waals surface area (Å²) in [5, 5.41) is 4.31. The van der Waals surface area contributed by atoms with Crippen molar-refractivity contribution in [1.29, 1.82) is 0 Å². The summed E-state index contributed by atoms with van der Waals surface area (Å²) in [7, 11) is 0. The molecule has 0 saturated carbocycles. The fourth-order valence-corrected chi connectivity index (χ4v) is 3.16. The fourth-order valence-electron chi connectivity index (χ4n) is 3.16. The molecule has 1 heterocycles. The summed E-state index contributed by atoms with van der Waals surface area (Å²) in [5.74, 6) is 0.0753. The molecule has 1 aromatic heterocycles. The zero-order valence-electron chi connectivity index (χ0n) is 14.8. The van der Waals surface area contributed by atoms with Crippen molar-refractivity contribution in [3.8, 4) is 0 Å². The molecule has 1 amide bonds. The third-order valence-electron chi connectivity index (χ3n) is 4.49. The molecule has 0 aliphatic heterocycles. The standard InChI is InChI=1S/C20H30N2O/c1-4-6-8-11-14-21-20(23)19-16(3)17-12-9-10-13-18(17)22(19)15-7-5-2/h9-10,12-13H,4-8,11,14-15H2,1-3H3,(H,21,23). The normalized spacial score (nSPS) is 11.1. The van der Waals surface area contributed by atoms with Crippen molar-refractivity contribution >= 4 is 16.8 Å². The summed E-state index contributed by atoms with van der Waals surface area (Å²) in [6, 6.07) is 8.34. The van der Waals surface area contributed by atoms with E-state index < -0.39 is 0 Å². The van der Waals surface area contributed by atoms with Gasteiger partial charge in [0.25, 0.3) is 5.91 Å². The molecule has 0 atom stereocenters. The maximum atomic E-state index is 12.7. The number of rotatable bonds is 9. The molecule has 0 radical (unpaired) electrons. The molecule has 3 nitrogen and oxygen atoms in total. The van der Waals surface area contributed by atoms with E-state index in [4.69, 9.17) is 0 Å². The lowest BCUT2D eigenvalue weighted by Gasteiger charge is -2.11. The highest BCUT2D eigenvalue weighted by Crippen LogP contribution is 2.26. The van der Waals surface area contributed by atoms with Crippen LogP contribution in [0.3, 0.4) is 0 Å². The van der Waals surface area contributed by atoms with Gasteiger partial charge in [0.15, 0.2) is 0 Å². The number of benzene rings is 1. The van der Waals surface area contributed by atoms with Crippen LogP contribution in [0.1, 0.15) is 68.4 Å². The Morgan fingerprint density at radius 3 is 2.52 bits per heavy atom. The van der Waals surface area contributed by atoms with Crippen molar-refractivity contribution in [2.45, 2.75) is 65.8 Å². The van der Waals surface area contributed by atoms with E-state index in [-0.39, 0.29) is 5.91 Å². The van der Waals surface area contributed by atoms with E-state index in [1.165, 1.54) is 30.2 Å². The summed E-state index contributed by atoms with van der Waals surface area (Å²) >= 11 is 0. The molecular formula is C20H30N2O. The first kappa shape index (κ1) is 17.6. The van der Waals surface area contributed by atoms with Crippen molar-refractivity contribution in [1.82, 2.24) is 9.88 Å². The SMILES string of the molecule is CCCCCCNC(=O)c1c(C)c2ccccc2n1CCCC. The molecule has 0 fully saturated rings.